The highest BCUT2D eigenvalue weighted by molar-refractivity contribution is 7.92. The second-order valence-corrected chi connectivity index (χ2v) is 10.2. The molecular formula is C24H28N2O5S. The van der Waals surface area contributed by atoms with Crippen LogP contribution in [-0.4, -0.2) is 50.9 Å². The summed E-state index contributed by atoms with van der Waals surface area (Å²) in [6.45, 7) is 4.76. The van der Waals surface area contributed by atoms with Crippen molar-refractivity contribution in [1.82, 2.24) is 4.90 Å². The van der Waals surface area contributed by atoms with Gasteiger partial charge in [0.2, 0.25) is 0 Å². The van der Waals surface area contributed by atoms with Gasteiger partial charge in [-0.25, -0.2) is 8.42 Å². The molecule has 0 aliphatic carbocycles. The normalized spacial score (nSPS) is 20.7. The first-order valence-electron chi connectivity index (χ1n) is 11.0. The van der Waals surface area contributed by atoms with Crippen molar-refractivity contribution in [2.75, 3.05) is 24.0 Å². The fourth-order valence-corrected chi connectivity index (χ4v) is 6.34. The minimum Gasteiger partial charge on any atom is -0.466 e. The van der Waals surface area contributed by atoms with Gasteiger partial charge in [0, 0.05) is 24.7 Å². The fourth-order valence-electron chi connectivity index (χ4n) is 4.60. The van der Waals surface area contributed by atoms with Crippen molar-refractivity contribution < 1.29 is 22.7 Å². The molecule has 0 saturated carbocycles. The molecule has 170 valence electrons. The summed E-state index contributed by atoms with van der Waals surface area (Å²) in [6, 6.07) is 13.5. The summed E-state index contributed by atoms with van der Waals surface area (Å²) in [4.78, 5) is 27.0. The second-order valence-electron chi connectivity index (χ2n) is 8.35. The van der Waals surface area contributed by atoms with E-state index >= 15 is 0 Å². The van der Waals surface area contributed by atoms with Crippen LogP contribution in [0.3, 0.4) is 0 Å². The highest BCUT2D eigenvalue weighted by Gasteiger charge is 2.36. The molecule has 2 atom stereocenters. The van der Waals surface area contributed by atoms with Crippen LogP contribution < -0.4 is 4.31 Å². The van der Waals surface area contributed by atoms with Gasteiger partial charge in [-0.2, -0.15) is 0 Å². The van der Waals surface area contributed by atoms with Gasteiger partial charge in [0.05, 0.1) is 23.1 Å². The molecule has 2 aliphatic rings. The Hall–Kier alpha value is -2.87. The van der Waals surface area contributed by atoms with Gasteiger partial charge in [-0.05, 0) is 62.9 Å². The first kappa shape index (κ1) is 22.3. The van der Waals surface area contributed by atoms with Gasteiger partial charge in [0.15, 0.2) is 0 Å². The Bertz CT molecular complexity index is 1130. The number of ether oxygens (including phenoxy) is 1. The molecule has 1 fully saturated rings. The topological polar surface area (TPSA) is 84.0 Å². The van der Waals surface area contributed by atoms with E-state index in [0.717, 1.165) is 5.56 Å². The van der Waals surface area contributed by atoms with E-state index in [1.165, 1.54) is 16.4 Å². The molecule has 0 spiro atoms. The molecule has 1 saturated heterocycles. The third-order valence-corrected chi connectivity index (χ3v) is 8.04. The third kappa shape index (κ3) is 4.11. The molecule has 0 N–H and O–H groups in total. The Kier molecular flexibility index (Phi) is 6.24. The van der Waals surface area contributed by atoms with Crippen molar-refractivity contribution in [3.05, 3.63) is 59.7 Å². The first-order chi connectivity index (χ1) is 15.3. The molecule has 1 amide bonds. The van der Waals surface area contributed by atoms with Gasteiger partial charge >= 0.3 is 5.97 Å². The number of para-hydroxylation sites is 1. The lowest BCUT2D eigenvalue weighted by Crippen LogP contribution is -2.43. The van der Waals surface area contributed by atoms with E-state index in [-0.39, 0.29) is 35.3 Å². The van der Waals surface area contributed by atoms with Crippen LogP contribution in [0.4, 0.5) is 5.69 Å². The van der Waals surface area contributed by atoms with E-state index in [4.69, 9.17) is 4.74 Å². The number of nitrogens with zero attached hydrogens (tertiary/aromatic N) is 2. The summed E-state index contributed by atoms with van der Waals surface area (Å²) < 4.78 is 33.6. The average molecular weight is 457 g/mol. The van der Waals surface area contributed by atoms with E-state index in [9.17, 15) is 18.0 Å². The van der Waals surface area contributed by atoms with Crippen molar-refractivity contribution in [3.63, 3.8) is 0 Å². The third-order valence-electron chi connectivity index (χ3n) is 6.11. The van der Waals surface area contributed by atoms with Gasteiger partial charge in [-0.3, -0.25) is 13.9 Å². The van der Waals surface area contributed by atoms with Gasteiger partial charge < -0.3 is 9.64 Å². The fraction of sp³-hybridized carbons (Fsp3) is 0.417. The molecular weight excluding hydrogens is 428 g/mol. The van der Waals surface area contributed by atoms with Crippen LogP contribution in [0.1, 0.15) is 42.6 Å². The van der Waals surface area contributed by atoms with Crippen LogP contribution in [-0.2, 0) is 26.0 Å². The predicted molar refractivity (Wildman–Crippen MR) is 121 cm³/mol. The molecule has 0 radical (unpaired) electrons. The van der Waals surface area contributed by atoms with Crippen LogP contribution >= 0.6 is 0 Å². The smallest absolute Gasteiger partial charge is 0.310 e. The van der Waals surface area contributed by atoms with E-state index in [0.29, 0.717) is 43.7 Å². The maximum atomic E-state index is 13.5. The van der Waals surface area contributed by atoms with Crippen LogP contribution in [0.2, 0.25) is 0 Å². The number of sulfonamides is 1. The maximum Gasteiger partial charge on any atom is 0.310 e. The van der Waals surface area contributed by atoms with Crippen LogP contribution in [0.15, 0.2) is 53.4 Å². The van der Waals surface area contributed by atoms with Gasteiger partial charge in [0.25, 0.3) is 15.9 Å². The number of fused-ring (bicyclic) bond motifs is 1. The van der Waals surface area contributed by atoms with E-state index in [1.807, 2.05) is 31.2 Å². The zero-order valence-electron chi connectivity index (χ0n) is 18.4. The van der Waals surface area contributed by atoms with Crippen molar-refractivity contribution in [3.8, 4) is 0 Å². The molecule has 0 aromatic heterocycles. The minimum absolute atomic E-state index is 0.0888. The summed E-state index contributed by atoms with van der Waals surface area (Å²) in [5, 5.41) is 0. The molecule has 2 aromatic rings. The highest BCUT2D eigenvalue weighted by Crippen LogP contribution is 2.36. The Labute approximate surface area is 189 Å². The SMILES string of the molecule is CCOC(=O)[C@@H]1CCCN(C(=O)c2cccc(S(=O)(=O)N3c4ccccc4C[C@H]3C)c2)C1. The number of carbonyl (C=O) groups excluding carboxylic acids is 2. The number of hydrogen-bond donors (Lipinski definition) is 0. The van der Waals surface area contributed by atoms with Gasteiger partial charge in [0.1, 0.15) is 0 Å². The van der Waals surface area contributed by atoms with Crippen LogP contribution in [0, 0.1) is 5.92 Å². The number of likely N-dealkylation sites (tertiary alicyclic amines) is 1. The van der Waals surface area contributed by atoms with Gasteiger partial charge in [-0.15, -0.1) is 0 Å². The van der Waals surface area contributed by atoms with Crippen molar-refractivity contribution in [2.45, 2.75) is 44.0 Å². The number of esters is 1. The quantitative estimate of drug-likeness (QED) is 0.645. The molecule has 2 aromatic carbocycles. The van der Waals surface area contributed by atoms with E-state index < -0.39 is 10.0 Å². The molecule has 0 bridgehead atoms. The number of benzene rings is 2. The Balaban J connectivity index is 1.58. The standard InChI is InChI=1S/C24H28N2O5S/c1-3-31-24(28)20-10-7-13-25(16-20)23(27)19-9-6-11-21(15-19)32(29,30)26-17(2)14-18-8-4-5-12-22(18)26/h4-6,8-9,11-12,15,17,20H,3,7,10,13-14,16H2,1-2H3/t17-,20-/m1/s1. The summed E-state index contributed by atoms with van der Waals surface area (Å²) in [5.41, 5.74) is 1.98. The first-order valence-corrected chi connectivity index (χ1v) is 12.4. The molecule has 0 unspecified atom stereocenters. The number of rotatable bonds is 5. The lowest BCUT2D eigenvalue weighted by atomic mass is 9.97. The van der Waals surface area contributed by atoms with E-state index in [2.05, 4.69) is 0 Å². The van der Waals surface area contributed by atoms with Crippen LogP contribution in [0.25, 0.3) is 0 Å². The second kappa shape index (κ2) is 8.94. The zero-order chi connectivity index (χ0) is 22.9. The lowest BCUT2D eigenvalue weighted by molar-refractivity contribution is -0.149. The minimum atomic E-state index is -3.83. The Morgan fingerprint density at radius 1 is 1.12 bits per heavy atom. The number of amides is 1. The Morgan fingerprint density at radius 3 is 2.69 bits per heavy atom. The predicted octanol–water partition coefficient (Wildman–Crippen LogP) is 3.24. The highest BCUT2D eigenvalue weighted by atomic mass is 32.2. The molecule has 7 nitrogen and oxygen atoms in total. The summed E-state index contributed by atoms with van der Waals surface area (Å²) >= 11 is 0. The molecule has 32 heavy (non-hydrogen) atoms. The van der Waals surface area contributed by atoms with Crippen molar-refractivity contribution in [2.24, 2.45) is 5.92 Å². The molecule has 2 heterocycles. The van der Waals surface area contributed by atoms with Crippen molar-refractivity contribution >= 4 is 27.6 Å². The number of piperidine rings is 1. The molecule has 8 heteroatoms. The maximum absolute atomic E-state index is 13.5. The number of anilines is 1. The van der Waals surface area contributed by atoms with Crippen LogP contribution in [0.5, 0.6) is 0 Å². The van der Waals surface area contributed by atoms with Gasteiger partial charge in [-0.1, -0.05) is 24.3 Å². The van der Waals surface area contributed by atoms with Crippen molar-refractivity contribution in [1.29, 1.82) is 0 Å². The Morgan fingerprint density at radius 2 is 1.91 bits per heavy atom. The summed E-state index contributed by atoms with van der Waals surface area (Å²) in [7, 11) is -3.83. The largest absolute Gasteiger partial charge is 0.466 e. The number of carbonyl (C=O) groups is 2. The summed E-state index contributed by atoms with van der Waals surface area (Å²) in [5.74, 6) is -0.907. The number of hydrogen-bond acceptors (Lipinski definition) is 5. The zero-order valence-corrected chi connectivity index (χ0v) is 19.2. The summed E-state index contributed by atoms with van der Waals surface area (Å²) in [6.07, 6.45) is 2.04. The van der Waals surface area contributed by atoms with E-state index in [1.54, 1.807) is 24.0 Å². The molecule has 2 aliphatic heterocycles. The molecule has 4 rings (SSSR count). The monoisotopic (exact) mass is 456 g/mol. The average Bonchev–Trinajstić information content (AvgIpc) is 3.15. The lowest BCUT2D eigenvalue weighted by Gasteiger charge is -2.31.